The lowest BCUT2D eigenvalue weighted by atomic mass is 10.1. The van der Waals surface area contributed by atoms with Crippen LogP contribution in [0, 0.1) is 0 Å². The van der Waals surface area contributed by atoms with Crippen molar-refractivity contribution in [3.05, 3.63) is 35.4 Å². The van der Waals surface area contributed by atoms with Gasteiger partial charge in [0.25, 0.3) is 11.8 Å². The zero-order chi connectivity index (χ0) is 11.9. The van der Waals surface area contributed by atoms with Crippen LogP contribution in [0.15, 0.2) is 24.3 Å². The molecule has 0 spiro atoms. The quantitative estimate of drug-likeness (QED) is 0.443. The van der Waals surface area contributed by atoms with Gasteiger partial charge in [0.2, 0.25) is 0 Å². The molecule has 1 aliphatic heterocycles. The van der Waals surface area contributed by atoms with Crippen LogP contribution in [0.3, 0.4) is 0 Å². The summed E-state index contributed by atoms with van der Waals surface area (Å²) in [6.45, 7) is 3.10. The third-order valence-electron chi connectivity index (χ3n) is 2.58. The Hall–Kier alpha value is -1.49. The largest absolute Gasteiger partial charge is 0.323 e. The zero-order valence-electron chi connectivity index (χ0n) is 8.95. The molecule has 0 aromatic heterocycles. The summed E-state index contributed by atoms with van der Waals surface area (Å²) in [6, 6.07) is 6.57. The number of hydrogen-bond acceptors (Lipinski definition) is 2. The molecular formula is C11H10FNO2Si. The summed E-state index contributed by atoms with van der Waals surface area (Å²) in [7, 11) is -0.998. The van der Waals surface area contributed by atoms with Crippen molar-refractivity contribution in [2.45, 2.75) is 19.0 Å². The van der Waals surface area contributed by atoms with E-state index in [4.69, 9.17) is 0 Å². The van der Waals surface area contributed by atoms with E-state index in [9.17, 15) is 13.7 Å². The van der Waals surface area contributed by atoms with E-state index in [1.807, 2.05) is 0 Å². The number of rotatable bonds is 2. The first-order valence-corrected chi connectivity index (χ1v) is 5.72. The fourth-order valence-electron chi connectivity index (χ4n) is 1.74. The van der Waals surface area contributed by atoms with Crippen molar-refractivity contribution in [1.29, 1.82) is 0 Å². The fraction of sp³-hybridized carbons (Fsp3) is 0.273. The molecule has 0 atom stereocenters. The van der Waals surface area contributed by atoms with Gasteiger partial charge in [0.1, 0.15) is 0 Å². The van der Waals surface area contributed by atoms with E-state index in [-0.39, 0.29) is 0 Å². The molecule has 3 nitrogen and oxygen atoms in total. The van der Waals surface area contributed by atoms with E-state index in [2.05, 4.69) is 0 Å². The molecule has 0 unspecified atom stereocenters. The van der Waals surface area contributed by atoms with Gasteiger partial charge in [0.05, 0.1) is 16.3 Å². The number of benzene rings is 1. The van der Waals surface area contributed by atoms with Gasteiger partial charge >= 0.3 is 9.85 Å². The molecule has 0 aliphatic carbocycles. The Bertz CT molecular complexity index is 438. The number of carbonyl (C=O) groups is 2. The van der Waals surface area contributed by atoms with Crippen molar-refractivity contribution in [3.63, 3.8) is 0 Å². The first kappa shape index (κ1) is 11.0. The van der Waals surface area contributed by atoms with E-state index in [1.165, 1.54) is 0 Å². The Balaban J connectivity index is 2.51. The molecule has 2 rings (SSSR count). The minimum absolute atomic E-state index is 0.360. The van der Waals surface area contributed by atoms with Gasteiger partial charge in [0.15, 0.2) is 0 Å². The Morgan fingerprint density at radius 1 is 1.12 bits per heavy atom. The Kier molecular flexibility index (Phi) is 2.42. The van der Waals surface area contributed by atoms with Gasteiger partial charge in [-0.15, -0.1) is 0 Å². The normalized spacial score (nSPS) is 15.6. The van der Waals surface area contributed by atoms with E-state index in [0.717, 1.165) is 4.90 Å². The molecule has 1 aliphatic rings. The lowest BCUT2D eigenvalue weighted by Crippen LogP contribution is -2.50. The van der Waals surface area contributed by atoms with Gasteiger partial charge < -0.3 is 4.11 Å². The van der Waals surface area contributed by atoms with E-state index >= 15 is 0 Å². The summed E-state index contributed by atoms with van der Waals surface area (Å²) in [5.41, 5.74) is 0.720. The zero-order valence-corrected chi connectivity index (χ0v) is 9.95. The molecule has 5 heteroatoms. The van der Waals surface area contributed by atoms with E-state index in [1.54, 1.807) is 38.1 Å². The second-order valence-electron chi connectivity index (χ2n) is 4.14. The van der Waals surface area contributed by atoms with E-state index in [0.29, 0.717) is 11.1 Å². The maximum atomic E-state index is 12.9. The summed E-state index contributed by atoms with van der Waals surface area (Å²) < 4.78 is 12.9. The minimum Gasteiger partial charge on any atom is -0.312 e. The van der Waals surface area contributed by atoms with Gasteiger partial charge in [0, 0.05) is 0 Å². The van der Waals surface area contributed by atoms with Gasteiger partial charge in [-0.3, -0.25) is 14.5 Å². The van der Waals surface area contributed by atoms with Crippen molar-refractivity contribution >= 4 is 21.7 Å². The molecule has 0 N–H and O–H groups in total. The molecule has 2 radical (unpaired) electrons. The summed E-state index contributed by atoms with van der Waals surface area (Å²) in [5, 5.41) is -1.06. The number of hydrogen-bond donors (Lipinski definition) is 0. The second kappa shape index (κ2) is 3.52. The highest BCUT2D eigenvalue weighted by molar-refractivity contribution is 6.35. The third-order valence-corrected chi connectivity index (χ3v) is 3.27. The number of carbonyl (C=O) groups excluding carboxylic acids is 2. The highest BCUT2D eigenvalue weighted by atomic mass is 28.3. The number of nitrogens with zero attached hydrogens (tertiary/aromatic N) is 1. The van der Waals surface area contributed by atoms with Gasteiger partial charge in [-0.2, -0.15) is 0 Å². The monoisotopic (exact) mass is 235 g/mol. The van der Waals surface area contributed by atoms with Crippen LogP contribution < -0.4 is 0 Å². The first-order chi connectivity index (χ1) is 7.49. The predicted molar refractivity (Wildman–Crippen MR) is 57.9 cm³/mol. The lowest BCUT2D eigenvalue weighted by molar-refractivity contribution is 0.0565. The number of imide groups is 1. The van der Waals surface area contributed by atoms with Crippen LogP contribution in [-0.2, 0) is 0 Å². The van der Waals surface area contributed by atoms with Crippen molar-refractivity contribution in [3.8, 4) is 0 Å². The molecule has 1 heterocycles. The maximum absolute atomic E-state index is 12.9. The predicted octanol–water partition coefficient (Wildman–Crippen LogP) is 1.61. The SMILES string of the molecule is CC(C)([Si]F)N1C(=O)c2ccccc2C1=O. The topological polar surface area (TPSA) is 37.4 Å². The average molecular weight is 235 g/mol. The summed E-state index contributed by atoms with van der Waals surface area (Å²) in [6.07, 6.45) is 0. The van der Waals surface area contributed by atoms with Crippen molar-refractivity contribution in [2.24, 2.45) is 0 Å². The standard InChI is InChI=1S/C11H10FNO2Si/c1-11(2,16-12)13-9(14)7-5-3-4-6-8(7)10(13)15/h3-6H,1-2H3. The van der Waals surface area contributed by atoms with Crippen molar-refractivity contribution in [1.82, 2.24) is 4.90 Å². The average Bonchev–Trinajstić information content (AvgIpc) is 2.53. The molecule has 1 aromatic carbocycles. The molecule has 0 fully saturated rings. The highest BCUT2D eigenvalue weighted by Crippen LogP contribution is 2.28. The molecule has 16 heavy (non-hydrogen) atoms. The number of amides is 2. The maximum Gasteiger partial charge on any atom is 0.323 e. The lowest BCUT2D eigenvalue weighted by Gasteiger charge is -2.29. The minimum atomic E-state index is -1.06. The van der Waals surface area contributed by atoms with Crippen LogP contribution >= 0.6 is 0 Å². The first-order valence-electron chi connectivity index (χ1n) is 4.85. The highest BCUT2D eigenvalue weighted by Gasteiger charge is 2.44. The Labute approximate surface area is 95.2 Å². The fourth-order valence-corrected chi connectivity index (χ4v) is 2.03. The van der Waals surface area contributed by atoms with Crippen molar-refractivity contribution < 1.29 is 13.7 Å². The van der Waals surface area contributed by atoms with Crippen molar-refractivity contribution in [2.75, 3.05) is 0 Å². The van der Waals surface area contributed by atoms with Crippen LogP contribution in [-0.4, -0.2) is 31.7 Å². The van der Waals surface area contributed by atoms with Crippen LogP contribution in [0.25, 0.3) is 0 Å². The van der Waals surface area contributed by atoms with Gasteiger partial charge in [-0.25, -0.2) is 0 Å². The molecule has 2 amide bonds. The van der Waals surface area contributed by atoms with Crippen LogP contribution in [0.2, 0.25) is 0 Å². The Morgan fingerprint density at radius 3 is 1.94 bits per heavy atom. The second-order valence-corrected chi connectivity index (χ2v) is 5.56. The summed E-state index contributed by atoms with van der Waals surface area (Å²) >= 11 is 0. The molecule has 1 aromatic rings. The molecule has 0 saturated carbocycles. The molecule has 0 bridgehead atoms. The number of fused-ring (bicyclic) bond motifs is 1. The molecule has 82 valence electrons. The summed E-state index contributed by atoms with van der Waals surface area (Å²) in [4.78, 5) is 24.9. The molecule has 0 saturated heterocycles. The number of halogens is 1. The van der Waals surface area contributed by atoms with Crippen LogP contribution in [0.1, 0.15) is 34.6 Å². The van der Waals surface area contributed by atoms with Crippen LogP contribution in [0.4, 0.5) is 4.11 Å². The van der Waals surface area contributed by atoms with Crippen LogP contribution in [0.5, 0.6) is 0 Å². The van der Waals surface area contributed by atoms with Gasteiger partial charge in [-0.1, -0.05) is 12.1 Å². The van der Waals surface area contributed by atoms with Gasteiger partial charge in [-0.05, 0) is 26.0 Å². The van der Waals surface area contributed by atoms with E-state index < -0.39 is 26.8 Å². The molecular weight excluding hydrogens is 225 g/mol. The Morgan fingerprint density at radius 2 is 1.56 bits per heavy atom. The summed E-state index contributed by atoms with van der Waals surface area (Å²) in [5.74, 6) is -0.813. The third kappa shape index (κ3) is 1.39. The smallest absolute Gasteiger partial charge is 0.312 e.